The molecule has 0 aromatic rings. The highest BCUT2D eigenvalue weighted by Gasteiger charge is 2.45. The van der Waals surface area contributed by atoms with Crippen LogP contribution in [0.25, 0.3) is 0 Å². The predicted molar refractivity (Wildman–Crippen MR) is 75.1 cm³/mol. The first-order valence-electron chi connectivity index (χ1n) is 7.58. The van der Waals surface area contributed by atoms with Gasteiger partial charge in [-0.3, -0.25) is 0 Å². The van der Waals surface area contributed by atoms with E-state index in [1.807, 2.05) is 0 Å². The number of nitrogens with zero attached hydrogens (tertiary/aromatic N) is 2. The van der Waals surface area contributed by atoms with E-state index in [2.05, 4.69) is 5.32 Å². The Morgan fingerprint density at radius 1 is 0.895 bits per heavy atom. The first-order valence-corrected chi connectivity index (χ1v) is 8.98. The van der Waals surface area contributed by atoms with Crippen LogP contribution in [0, 0.1) is 5.41 Å². The molecule has 3 heterocycles. The molecule has 3 aliphatic heterocycles. The Morgan fingerprint density at radius 2 is 1.63 bits per heavy atom. The summed E-state index contributed by atoms with van der Waals surface area (Å²) in [7, 11) is -3.21. The second-order valence-electron chi connectivity index (χ2n) is 6.33. The minimum atomic E-state index is -3.21. The lowest BCUT2D eigenvalue weighted by Crippen LogP contribution is -2.44. The van der Waals surface area contributed by atoms with Crippen LogP contribution >= 0.6 is 0 Å². The Bertz CT molecular complexity index is 410. The average molecular weight is 287 g/mol. The highest BCUT2D eigenvalue weighted by molar-refractivity contribution is 7.86. The molecule has 0 bridgehead atoms. The van der Waals surface area contributed by atoms with Crippen LogP contribution in [0.4, 0.5) is 0 Å². The monoisotopic (exact) mass is 287 g/mol. The maximum absolute atomic E-state index is 12.7. The van der Waals surface area contributed by atoms with Crippen LogP contribution in [0.2, 0.25) is 0 Å². The lowest BCUT2D eigenvalue weighted by Gasteiger charge is -2.28. The van der Waals surface area contributed by atoms with Crippen molar-refractivity contribution in [2.75, 3.05) is 39.3 Å². The van der Waals surface area contributed by atoms with Gasteiger partial charge in [0.05, 0.1) is 0 Å². The van der Waals surface area contributed by atoms with E-state index in [9.17, 15) is 8.42 Å². The van der Waals surface area contributed by atoms with Gasteiger partial charge in [0.15, 0.2) is 0 Å². The van der Waals surface area contributed by atoms with E-state index < -0.39 is 10.2 Å². The summed E-state index contributed by atoms with van der Waals surface area (Å²) in [5.74, 6) is 0. The first-order chi connectivity index (χ1) is 9.12. The molecule has 19 heavy (non-hydrogen) atoms. The van der Waals surface area contributed by atoms with Crippen molar-refractivity contribution in [3.8, 4) is 0 Å². The van der Waals surface area contributed by atoms with E-state index in [0.29, 0.717) is 19.6 Å². The molecule has 110 valence electrons. The molecule has 1 N–H and O–H groups in total. The van der Waals surface area contributed by atoms with Crippen molar-refractivity contribution in [1.29, 1.82) is 0 Å². The fourth-order valence-corrected chi connectivity index (χ4v) is 5.48. The van der Waals surface area contributed by atoms with Gasteiger partial charge < -0.3 is 5.32 Å². The average Bonchev–Trinajstić information content (AvgIpc) is 2.93. The van der Waals surface area contributed by atoms with E-state index in [-0.39, 0.29) is 5.41 Å². The normalized spacial score (nSPS) is 34.9. The van der Waals surface area contributed by atoms with Crippen molar-refractivity contribution in [2.24, 2.45) is 5.41 Å². The molecule has 0 saturated carbocycles. The molecule has 0 radical (unpaired) electrons. The molecule has 1 atom stereocenters. The van der Waals surface area contributed by atoms with E-state index >= 15 is 0 Å². The molecule has 3 fully saturated rings. The smallest absolute Gasteiger partial charge is 0.281 e. The van der Waals surface area contributed by atoms with E-state index in [1.54, 1.807) is 8.61 Å². The quantitative estimate of drug-likeness (QED) is 0.817. The lowest BCUT2D eigenvalue weighted by molar-refractivity contribution is 0.319. The molecule has 0 aromatic carbocycles. The fourth-order valence-electron chi connectivity index (χ4n) is 3.67. The molecule has 3 aliphatic rings. The summed E-state index contributed by atoms with van der Waals surface area (Å²) >= 11 is 0. The van der Waals surface area contributed by atoms with Gasteiger partial charge in [-0.05, 0) is 37.6 Å². The molecule has 5 nitrogen and oxygen atoms in total. The Kier molecular flexibility index (Phi) is 3.86. The van der Waals surface area contributed by atoms with Gasteiger partial charge in [-0.15, -0.1) is 0 Å². The topological polar surface area (TPSA) is 52.7 Å². The van der Waals surface area contributed by atoms with E-state index in [4.69, 9.17) is 0 Å². The van der Waals surface area contributed by atoms with Crippen LogP contribution in [-0.2, 0) is 10.2 Å². The summed E-state index contributed by atoms with van der Waals surface area (Å²) < 4.78 is 28.9. The number of rotatable bonds is 2. The molecular weight excluding hydrogens is 262 g/mol. The van der Waals surface area contributed by atoms with E-state index in [0.717, 1.165) is 45.3 Å². The van der Waals surface area contributed by atoms with Crippen LogP contribution in [0.3, 0.4) is 0 Å². The Labute approximate surface area is 116 Å². The molecule has 1 unspecified atom stereocenters. The minimum absolute atomic E-state index is 0.221. The summed E-state index contributed by atoms with van der Waals surface area (Å²) in [6.45, 7) is 4.88. The summed E-state index contributed by atoms with van der Waals surface area (Å²) in [5.41, 5.74) is 0.221. The van der Waals surface area contributed by atoms with Crippen molar-refractivity contribution >= 4 is 10.2 Å². The Balaban J connectivity index is 1.70. The summed E-state index contributed by atoms with van der Waals surface area (Å²) in [5, 5.41) is 3.38. The fraction of sp³-hybridized carbons (Fsp3) is 1.00. The third-order valence-electron chi connectivity index (χ3n) is 4.95. The highest BCUT2D eigenvalue weighted by atomic mass is 32.2. The van der Waals surface area contributed by atoms with E-state index in [1.165, 1.54) is 12.8 Å². The number of hydrogen-bond donors (Lipinski definition) is 1. The first kappa shape index (κ1) is 13.8. The SMILES string of the molecule is O=S(=O)(N1CCCCCC1)N1CCC2(CCNC2)C1. The third kappa shape index (κ3) is 2.68. The van der Waals surface area contributed by atoms with Gasteiger partial charge in [-0.25, -0.2) is 0 Å². The number of nitrogens with one attached hydrogen (secondary N) is 1. The van der Waals surface area contributed by atoms with Crippen LogP contribution < -0.4 is 5.32 Å². The van der Waals surface area contributed by atoms with Crippen molar-refractivity contribution in [3.63, 3.8) is 0 Å². The van der Waals surface area contributed by atoms with Crippen molar-refractivity contribution < 1.29 is 8.42 Å². The van der Waals surface area contributed by atoms with Crippen LogP contribution in [0.15, 0.2) is 0 Å². The highest BCUT2D eigenvalue weighted by Crippen LogP contribution is 2.37. The lowest BCUT2D eigenvalue weighted by atomic mass is 9.87. The summed E-state index contributed by atoms with van der Waals surface area (Å²) in [6, 6.07) is 0. The van der Waals surface area contributed by atoms with Crippen molar-refractivity contribution in [3.05, 3.63) is 0 Å². The summed E-state index contributed by atoms with van der Waals surface area (Å²) in [4.78, 5) is 0. The molecule has 0 amide bonds. The summed E-state index contributed by atoms with van der Waals surface area (Å²) in [6.07, 6.45) is 6.51. The molecule has 3 saturated heterocycles. The molecule has 3 rings (SSSR count). The third-order valence-corrected chi connectivity index (χ3v) is 6.93. The zero-order valence-corrected chi connectivity index (χ0v) is 12.4. The largest absolute Gasteiger partial charge is 0.316 e. The molecule has 6 heteroatoms. The minimum Gasteiger partial charge on any atom is -0.316 e. The van der Waals surface area contributed by atoms with Gasteiger partial charge in [-0.1, -0.05) is 12.8 Å². The van der Waals surface area contributed by atoms with Crippen molar-refractivity contribution in [1.82, 2.24) is 13.9 Å². The van der Waals surface area contributed by atoms with Crippen LogP contribution in [0.1, 0.15) is 38.5 Å². The molecule has 0 aromatic heterocycles. The second kappa shape index (κ2) is 5.31. The zero-order valence-electron chi connectivity index (χ0n) is 11.6. The Hall–Kier alpha value is -0.170. The van der Waals surface area contributed by atoms with Crippen LogP contribution in [-0.4, -0.2) is 56.3 Å². The van der Waals surface area contributed by atoms with Gasteiger partial charge in [0.2, 0.25) is 0 Å². The molecule has 0 aliphatic carbocycles. The van der Waals surface area contributed by atoms with Crippen LogP contribution in [0.5, 0.6) is 0 Å². The van der Waals surface area contributed by atoms with Gasteiger partial charge in [0.1, 0.15) is 0 Å². The maximum Gasteiger partial charge on any atom is 0.281 e. The van der Waals surface area contributed by atoms with Gasteiger partial charge in [0.25, 0.3) is 10.2 Å². The van der Waals surface area contributed by atoms with Gasteiger partial charge in [-0.2, -0.15) is 17.0 Å². The van der Waals surface area contributed by atoms with Gasteiger partial charge >= 0.3 is 0 Å². The van der Waals surface area contributed by atoms with Crippen molar-refractivity contribution in [2.45, 2.75) is 38.5 Å². The predicted octanol–water partition coefficient (Wildman–Crippen LogP) is 0.793. The zero-order chi connectivity index (χ0) is 13.3. The molecular formula is C13H25N3O2S. The molecule has 1 spiro atoms. The standard InChI is InChI=1S/C13H25N3O2S/c17-19(18,15-8-3-1-2-4-9-15)16-10-6-13(12-16)5-7-14-11-13/h14H,1-12H2. The maximum atomic E-state index is 12.7. The van der Waals surface area contributed by atoms with Gasteiger partial charge in [0, 0.05) is 32.7 Å². The number of hydrogen-bond acceptors (Lipinski definition) is 3. The Morgan fingerprint density at radius 3 is 2.26 bits per heavy atom. The second-order valence-corrected chi connectivity index (χ2v) is 8.26.